The lowest BCUT2D eigenvalue weighted by atomic mass is 9.92. The fourth-order valence-electron chi connectivity index (χ4n) is 2.97. The molecule has 0 aliphatic carbocycles. The summed E-state index contributed by atoms with van der Waals surface area (Å²) >= 11 is 0. The number of imide groups is 1. The van der Waals surface area contributed by atoms with Gasteiger partial charge in [0.1, 0.15) is 12.1 Å². The Bertz CT molecular complexity index is 679. The molecule has 0 spiro atoms. The number of hydrogen-bond donors (Lipinski definition) is 2. The molecular weight excluding hydrogens is 318 g/mol. The molecule has 1 heterocycles. The molecule has 1 aliphatic rings. The Morgan fingerprint density at radius 2 is 1.84 bits per heavy atom. The first-order chi connectivity index (χ1) is 11.6. The number of nitrogens with zero attached hydrogens (tertiary/aromatic N) is 1. The zero-order valence-electron chi connectivity index (χ0n) is 15.6. The van der Waals surface area contributed by atoms with Crippen LogP contribution in [0.4, 0.5) is 10.5 Å². The second-order valence-electron chi connectivity index (χ2n) is 7.40. The van der Waals surface area contributed by atoms with Crippen molar-refractivity contribution in [1.29, 1.82) is 0 Å². The third-order valence-electron chi connectivity index (χ3n) is 4.61. The van der Waals surface area contributed by atoms with Gasteiger partial charge in [-0.2, -0.15) is 0 Å². The van der Waals surface area contributed by atoms with E-state index in [2.05, 4.69) is 24.5 Å². The second kappa shape index (κ2) is 7.25. The molecule has 6 nitrogen and oxygen atoms in total. The van der Waals surface area contributed by atoms with Crippen LogP contribution in [-0.4, -0.2) is 34.8 Å². The zero-order chi connectivity index (χ0) is 18.8. The average Bonchev–Trinajstić information content (AvgIpc) is 2.73. The van der Waals surface area contributed by atoms with Crippen molar-refractivity contribution in [3.63, 3.8) is 0 Å². The minimum absolute atomic E-state index is 0.282. The van der Waals surface area contributed by atoms with Gasteiger partial charge in [-0.05, 0) is 50.7 Å². The second-order valence-corrected chi connectivity index (χ2v) is 7.40. The highest BCUT2D eigenvalue weighted by atomic mass is 16.2. The van der Waals surface area contributed by atoms with Crippen molar-refractivity contribution in [2.45, 2.75) is 53.0 Å². The molecule has 0 saturated carbocycles. The first-order valence-corrected chi connectivity index (χ1v) is 8.64. The summed E-state index contributed by atoms with van der Waals surface area (Å²) in [7, 11) is 0. The van der Waals surface area contributed by atoms with Gasteiger partial charge >= 0.3 is 6.03 Å². The summed E-state index contributed by atoms with van der Waals surface area (Å²) in [5.74, 6) is -0.285. The van der Waals surface area contributed by atoms with E-state index in [9.17, 15) is 14.4 Å². The quantitative estimate of drug-likeness (QED) is 0.778. The molecule has 4 amide bonds. The van der Waals surface area contributed by atoms with E-state index < -0.39 is 11.6 Å². The van der Waals surface area contributed by atoms with Crippen molar-refractivity contribution in [3.8, 4) is 0 Å². The molecule has 2 N–H and O–H groups in total. The number of amides is 4. The first-order valence-electron chi connectivity index (χ1n) is 8.64. The fourth-order valence-corrected chi connectivity index (χ4v) is 2.97. The number of urea groups is 1. The van der Waals surface area contributed by atoms with Gasteiger partial charge in [0.15, 0.2) is 0 Å². The molecule has 1 saturated heterocycles. The fraction of sp³-hybridized carbons (Fsp3) is 0.526. The van der Waals surface area contributed by atoms with Crippen molar-refractivity contribution >= 4 is 23.5 Å². The van der Waals surface area contributed by atoms with E-state index in [1.807, 2.05) is 32.0 Å². The van der Waals surface area contributed by atoms with Gasteiger partial charge in [0, 0.05) is 5.69 Å². The Morgan fingerprint density at radius 1 is 1.24 bits per heavy atom. The molecule has 25 heavy (non-hydrogen) atoms. The minimum atomic E-state index is -0.930. The molecule has 1 aromatic rings. The highest BCUT2D eigenvalue weighted by molar-refractivity contribution is 6.10. The molecule has 1 fully saturated rings. The van der Waals surface area contributed by atoms with Crippen LogP contribution >= 0.6 is 0 Å². The van der Waals surface area contributed by atoms with E-state index in [1.165, 1.54) is 0 Å². The van der Waals surface area contributed by atoms with Gasteiger partial charge in [0.05, 0.1) is 0 Å². The van der Waals surface area contributed by atoms with Crippen molar-refractivity contribution in [2.75, 3.05) is 11.9 Å². The summed E-state index contributed by atoms with van der Waals surface area (Å²) in [6, 6.07) is 5.21. The maximum absolute atomic E-state index is 12.6. The van der Waals surface area contributed by atoms with Gasteiger partial charge in [-0.25, -0.2) is 4.79 Å². The number of benzene rings is 1. The summed E-state index contributed by atoms with van der Waals surface area (Å²) in [5.41, 5.74) is 1.67. The standard InChI is InChI=1S/C19H27N3O3/c1-12(2)9-10-19(5)17(24)22(18(25)21-19)11-15(23)20-16-13(3)7-6-8-14(16)4/h6-8,12H,9-11H2,1-5H3,(H,20,23)(H,21,25)/t19-/m1/s1. The molecule has 136 valence electrons. The number of hydrogen-bond acceptors (Lipinski definition) is 3. The molecule has 2 rings (SSSR count). The highest BCUT2D eigenvalue weighted by Crippen LogP contribution is 2.25. The lowest BCUT2D eigenvalue weighted by Gasteiger charge is -2.22. The molecule has 0 radical (unpaired) electrons. The maximum atomic E-state index is 12.6. The Balaban J connectivity index is 2.06. The topological polar surface area (TPSA) is 78.5 Å². The van der Waals surface area contributed by atoms with Crippen molar-refractivity contribution in [3.05, 3.63) is 29.3 Å². The van der Waals surface area contributed by atoms with Crippen LogP contribution in [0.25, 0.3) is 0 Å². The normalized spacial score (nSPS) is 20.2. The highest BCUT2D eigenvalue weighted by Gasteiger charge is 2.47. The molecule has 1 atom stereocenters. The summed E-state index contributed by atoms with van der Waals surface area (Å²) in [5, 5.41) is 5.55. The Kier molecular flexibility index (Phi) is 5.50. The van der Waals surface area contributed by atoms with E-state index in [0.717, 1.165) is 28.1 Å². The zero-order valence-corrected chi connectivity index (χ0v) is 15.6. The summed E-state index contributed by atoms with van der Waals surface area (Å²) in [6.07, 6.45) is 1.38. The Morgan fingerprint density at radius 3 is 2.40 bits per heavy atom. The summed E-state index contributed by atoms with van der Waals surface area (Å²) < 4.78 is 0. The van der Waals surface area contributed by atoms with Crippen LogP contribution in [0.2, 0.25) is 0 Å². The van der Waals surface area contributed by atoms with Gasteiger partial charge in [-0.3, -0.25) is 14.5 Å². The third kappa shape index (κ3) is 4.18. The van der Waals surface area contributed by atoms with Crippen LogP contribution in [0.3, 0.4) is 0 Å². The van der Waals surface area contributed by atoms with Crippen LogP contribution in [0.5, 0.6) is 0 Å². The van der Waals surface area contributed by atoms with Crippen LogP contribution < -0.4 is 10.6 Å². The Hall–Kier alpha value is -2.37. The first kappa shape index (κ1) is 19.0. The summed E-state index contributed by atoms with van der Waals surface area (Å²) in [4.78, 5) is 38.2. The van der Waals surface area contributed by atoms with Crippen LogP contribution in [0, 0.1) is 19.8 Å². The minimum Gasteiger partial charge on any atom is -0.324 e. The molecule has 1 aliphatic heterocycles. The predicted octanol–water partition coefficient (Wildman–Crippen LogP) is 2.99. The monoisotopic (exact) mass is 345 g/mol. The molecule has 6 heteroatoms. The van der Waals surface area contributed by atoms with E-state index in [4.69, 9.17) is 0 Å². The van der Waals surface area contributed by atoms with E-state index in [0.29, 0.717) is 12.3 Å². The SMILES string of the molecule is Cc1cccc(C)c1NC(=O)CN1C(=O)N[C@](C)(CCC(C)C)C1=O. The van der Waals surface area contributed by atoms with E-state index in [-0.39, 0.29) is 18.4 Å². The van der Waals surface area contributed by atoms with Gasteiger partial charge in [-0.15, -0.1) is 0 Å². The largest absolute Gasteiger partial charge is 0.325 e. The molecule has 0 unspecified atom stereocenters. The Labute approximate surface area is 149 Å². The molecule has 0 bridgehead atoms. The smallest absolute Gasteiger partial charge is 0.324 e. The molecular formula is C19H27N3O3. The average molecular weight is 345 g/mol. The summed E-state index contributed by atoms with van der Waals surface area (Å²) in [6.45, 7) is 9.38. The van der Waals surface area contributed by atoms with Gasteiger partial charge < -0.3 is 10.6 Å². The number of para-hydroxylation sites is 1. The van der Waals surface area contributed by atoms with Crippen LogP contribution in [0.15, 0.2) is 18.2 Å². The molecule has 0 aromatic heterocycles. The number of carbonyl (C=O) groups is 3. The van der Waals surface area contributed by atoms with Crippen molar-refractivity contribution in [1.82, 2.24) is 10.2 Å². The van der Waals surface area contributed by atoms with Gasteiger partial charge in [0.2, 0.25) is 5.91 Å². The van der Waals surface area contributed by atoms with Crippen LogP contribution in [-0.2, 0) is 9.59 Å². The van der Waals surface area contributed by atoms with Crippen molar-refractivity contribution in [2.24, 2.45) is 5.92 Å². The van der Waals surface area contributed by atoms with Crippen molar-refractivity contribution < 1.29 is 14.4 Å². The van der Waals surface area contributed by atoms with Gasteiger partial charge in [-0.1, -0.05) is 32.0 Å². The lowest BCUT2D eigenvalue weighted by molar-refractivity contribution is -0.133. The van der Waals surface area contributed by atoms with E-state index >= 15 is 0 Å². The number of nitrogens with one attached hydrogen (secondary N) is 2. The predicted molar refractivity (Wildman–Crippen MR) is 97.3 cm³/mol. The maximum Gasteiger partial charge on any atom is 0.325 e. The van der Waals surface area contributed by atoms with Crippen LogP contribution in [0.1, 0.15) is 44.7 Å². The van der Waals surface area contributed by atoms with Gasteiger partial charge in [0.25, 0.3) is 5.91 Å². The number of aryl methyl sites for hydroxylation is 2. The van der Waals surface area contributed by atoms with E-state index in [1.54, 1.807) is 6.92 Å². The lowest BCUT2D eigenvalue weighted by Crippen LogP contribution is -2.44. The number of carbonyl (C=O) groups excluding carboxylic acids is 3. The number of rotatable bonds is 6. The molecule has 1 aromatic carbocycles. The third-order valence-corrected chi connectivity index (χ3v) is 4.61. The number of anilines is 1.